The maximum Gasteiger partial charge on any atom is 0.341 e. The largest absolute Gasteiger partial charge is 0.503 e. The fourth-order valence-corrected chi connectivity index (χ4v) is 3.04. The number of nitrogens with zero attached hydrogens (tertiary/aromatic N) is 1. The van der Waals surface area contributed by atoms with Gasteiger partial charge >= 0.3 is 5.97 Å². The number of carboxylic acid groups (broad SMARTS) is 1. The Morgan fingerprint density at radius 2 is 1.71 bits per heavy atom. The monoisotopic (exact) mass is 385 g/mol. The first-order valence-electron chi connectivity index (χ1n) is 8.27. The van der Waals surface area contributed by atoms with Crippen LogP contribution in [-0.4, -0.2) is 34.5 Å². The summed E-state index contributed by atoms with van der Waals surface area (Å²) in [4.78, 5) is 36.5. The van der Waals surface area contributed by atoms with Gasteiger partial charge in [-0.05, 0) is 48.9 Å². The first kappa shape index (κ1) is 19.1. The van der Waals surface area contributed by atoms with E-state index in [9.17, 15) is 23.9 Å². The van der Waals surface area contributed by atoms with E-state index in [0.717, 1.165) is 0 Å². The molecule has 2 aromatic carbocycles. The molecule has 1 amide bonds. The topological polar surface area (TPSA) is 104 Å². The molecule has 2 N–H and O–H groups in total. The average Bonchev–Trinajstić information content (AvgIpc) is 2.92. The third-order valence-electron chi connectivity index (χ3n) is 4.25. The third-order valence-corrected chi connectivity index (χ3v) is 4.25. The van der Waals surface area contributed by atoms with Crippen molar-refractivity contribution in [3.8, 4) is 5.75 Å². The summed E-state index contributed by atoms with van der Waals surface area (Å²) in [7, 11) is 0. The van der Waals surface area contributed by atoms with Crippen molar-refractivity contribution in [1.29, 1.82) is 0 Å². The summed E-state index contributed by atoms with van der Waals surface area (Å²) in [6.45, 7) is 0.721. The van der Waals surface area contributed by atoms with Crippen molar-refractivity contribution in [1.82, 2.24) is 0 Å². The number of aliphatic hydroxyl groups excluding tert-OH is 1. The van der Waals surface area contributed by atoms with Gasteiger partial charge in [-0.2, -0.15) is 0 Å². The number of aliphatic hydroxyl groups is 1. The van der Waals surface area contributed by atoms with Crippen LogP contribution in [0.4, 0.5) is 10.1 Å². The van der Waals surface area contributed by atoms with Gasteiger partial charge in [-0.15, -0.1) is 0 Å². The molecule has 0 radical (unpaired) electrons. The second-order valence-corrected chi connectivity index (χ2v) is 6.12. The van der Waals surface area contributed by atoms with Gasteiger partial charge in [0.2, 0.25) is 0 Å². The molecule has 0 unspecified atom stereocenters. The lowest BCUT2D eigenvalue weighted by molar-refractivity contribution is -0.139. The number of aliphatic carboxylic acids is 1. The lowest BCUT2D eigenvalue weighted by Crippen LogP contribution is -2.30. The van der Waals surface area contributed by atoms with Crippen molar-refractivity contribution >= 4 is 23.3 Å². The van der Waals surface area contributed by atoms with Crippen molar-refractivity contribution in [2.45, 2.75) is 13.0 Å². The summed E-state index contributed by atoms with van der Waals surface area (Å²) in [5.74, 6) is -3.23. The van der Waals surface area contributed by atoms with Crippen LogP contribution in [0.25, 0.3) is 0 Å². The molecule has 8 heteroatoms. The molecule has 1 heterocycles. The minimum absolute atomic E-state index is 0.0807. The SMILES string of the molecule is CC(=O)C1=C(O)C(=O)N(c2ccc(OCC(=O)O)cc2)[C@@H]1c1ccc(F)cc1. The molecule has 2 aromatic rings. The zero-order valence-electron chi connectivity index (χ0n) is 14.8. The number of rotatable bonds is 6. The molecule has 1 aliphatic rings. The van der Waals surface area contributed by atoms with Gasteiger partial charge in [0.1, 0.15) is 11.6 Å². The molecular formula is C20H16FNO6. The Morgan fingerprint density at radius 3 is 2.25 bits per heavy atom. The zero-order valence-corrected chi connectivity index (χ0v) is 14.8. The first-order valence-corrected chi connectivity index (χ1v) is 8.27. The van der Waals surface area contributed by atoms with Crippen LogP contribution in [0.3, 0.4) is 0 Å². The molecule has 7 nitrogen and oxygen atoms in total. The number of carbonyl (C=O) groups excluding carboxylic acids is 2. The smallest absolute Gasteiger partial charge is 0.341 e. The number of halogens is 1. The number of ether oxygens (including phenoxy) is 1. The van der Waals surface area contributed by atoms with Crippen LogP contribution < -0.4 is 9.64 Å². The number of ketones is 1. The predicted molar refractivity (Wildman–Crippen MR) is 96.5 cm³/mol. The quantitative estimate of drug-likeness (QED) is 0.792. The lowest BCUT2D eigenvalue weighted by Gasteiger charge is -2.26. The Balaban J connectivity index is 2.00. The van der Waals surface area contributed by atoms with Gasteiger partial charge in [-0.1, -0.05) is 12.1 Å². The Kier molecular flexibility index (Phi) is 5.12. The minimum Gasteiger partial charge on any atom is -0.503 e. The number of hydrogen-bond donors (Lipinski definition) is 2. The summed E-state index contributed by atoms with van der Waals surface area (Å²) in [6.07, 6.45) is 0. The number of Topliss-reactive ketones (excluding diaryl/α,β-unsaturated/α-hetero) is 1. The molecule has 1 aliphatic heterocycles. The third kappa shape index (κ3) is 3.57. The fourth-order valence-electron chi connectivity index (χ4n) is 3.04. The van der Waals surface area contributed by atoms with Crippen LogP contribution in [0.5, 0.6) is 5.75 Å². The van der Waals surface area contributed by atoms with E-state index in [0.29, 0.717) is 11.3 Å². The van der Waals surface area contributed by atoms with E-state index in [1.165, 1.54) is 60.4 Å². The van der Waals surface area contributed by atoms with Crippen molar-refractivity contribution < 1.29 is 33.7 Å². The molecule has 0 fully saturated rings. The van der Waals surface area contributed by atoms with Gasteiger partial charge in [0.05, 0.1) is 11.6 Å². The van der Waals surface area contributed by atoms with Gasteiger partial charge in [-0.3, -0.25) is 14.5 Å². The van der Waals surface area contributed by atoms with Crippen LogP contribution >= 0.6 is 0 Å². The summed E-state index contributed by atoms with van der Waals surface area (Å²) in [6, 6.07) is 10.3. The van der Waals surface area contributed by atoms with Crippen molar-refractivity contribution in [3.63, 3.8) is 0 Å². The van der Waals surface area contributed by atoms with E-state index >= 15 is 0 Å². The van der Waals surface area contributed by atoms with Gasteiger partial charge in [0.25, 0.3) is 5.91 Å². The molecule has 0 saturated heterocycles. The number of anilines is 1. The van der Waals surface area contributed by atoms with Gasteiger partial charge in [0.15, 0.2) is 18.1 Å². The van der Waals surface area contributed by atoms with E-state index in [4.69, 9.17) is 9.84 Å². The standard InChI is InChI=1S/C20H16FNO6/c1-11(23)17-18(12-2-4-13(21)5-3-12)22(20(27)19(17)26)14-6-8-15(9-7-14)28-10-16(24)25/h2-9,18,26H,10H2,1H3,(H,24,25)/t18-/m1/s1. The number of amides is 1. The highest BCUT2D eigenvalue weighted by Gasteiger charge is 2.43. The van der Waals surface area contributed by atoms with E-state index in [2.05, 4.69) is 0 Å². The van der Waals surface area contributed by atoms with Crippen LogP contribution in [0, 0.1) is 5.82 Å². The van der Waals surface area contributed by atoms with Crippen molar-refractivity contribution in [3.05, 3.63) is 71.2 Å². The van der Waals surface area contributed by atoms with Crippen molar-refractivity contribution in [2.75, 3.05) is 11.5 Å². The average molecular weight is 385 g/mol. The summed E-state index contributed by atoms with van der Waals surface area (Å²) >= 11 is 0. The Hall–Kier alpha value is -3.68. The van der Waals surface area contributed by atoms with E-state index in [-0.39, 0.29) is 11.3 Å². The normalized spacial score (nSPS) is 16.4. The lowest BCUT2D eigenvalue weighted by atomic mass is 9.96. The molecule has 1 atom stereocenters. The highest BCUT2D eigenvalue weighted by Crippen LogP contribution is 2.41. The molecule has 3 rings (SSSR count). The molecule has 0 aliphatic carbocycles. The summed E-state index contributed by atoms with van der Waals surface area (Å²) < 4.78 is 18.4. The Labute approximate surface area is 159 Å². The predicted octanol–water partition coefficient (Wildman–Crippen LogP) is 2.78. The zero-order chi connectivity index (χ0) is 20.4. The Bertz CT molecular complexity index is 965. The number of hydrogen-bond acceptors (Lipinski definition) is 5. The summed E-state index contributed by atoms with van der Waals surface area (Å²) in [5.41, 5.74) is 0.725. The second-order valence-electron chi connectivity index (χ2n) is 6.12. The van der Waals surface area contributed by atoms with Crippen LogP contribution in [0.1, 0.15) is 18.5 Å². The molecule has 0 aromatic heterocycles. The maximum atomic E-state index is 13.3. The maximum absolute atomic E-state index is 13.3. The van der Waals surface area contributed by atoms with Gasteiger partial charge in [0, 0.05) is 5.69 Å². The molecule has 0 saturated carbocycles. The highest BCUT2D eigenvalue weighted by molar-refractivity contribution is 6.16. The number of benzene rings is 2. The fraction of sp³-hybridized carbons (Fsp3) is 0.150. The van der Waals surface area contributed by atoms with Crippen LogP contribution in [0.2, 0.25) is 0 Å². The molecule has 144 valence electrons. The van der Waals surface area contributed by atoms with Gasteiger partial charge in [-0.25, -0.2) is 9.18 Å². The van der Waals surface area contributed by atoms with Crippen molar-refractivity contribution in [2.24, 2.45) is 0 Å². The van der Waals surface area contributed by atoms with E-state index in [1.54, 1.807) is 0 Å². The van der Waals surface area contributed by atoms with Gasteiger partial charge < -0.3 is 14.9 Å². The molecule has 0 spiro atoms. The van der Waals surface area contributed by atoms with E-state index in [1.807, 2.05) is 0 Å². The Morgan fingerprint density at radius 1 is 1.11 bits per heavy atom. The number of carbonyl (C=O) groups is 3. The highest BCUT2D eigenvalue weighted by atomic mass is 19.1. The van der Waals surface area contributed by atoms with Crippen LogP contribution in [0.15, 0.2) is 59.9 Å². The molecule has 0 bridgehead atoms. The first-order chi connectivity index (χ1) is 13.3. The van der Waals surface area contributed by atoms with Crippen LogP contribution in [-0.2, 0) is 14.4 Å². The van der Waals surface area contributed by atoms with E-state index < -0.39 is 41.9 Å². The molecule has 28 heavy (non-hydrogen) atoms. The second kappa shape index (κ2) is 7.51. The minimum atomic E-state index is -1.13. The molecular weight excluding hydrogens is 369 g/mol. The summed E-state index contributed by atoms with van der Waals surface area (Å²) in [5, 5.41) is 18.9. The number of carboxylic acids is 1.